The second kappa shape index (κ2) is 3.85. The van der Waals surface area contributed by atoms with Gasteiger partial charge in [0.05, 0.1) is 12.7 Å². The molecule has 1 rings (SSSR count). The molecule has 0 aromatic rings. The Kier molecular flexibility index (Phi) is 3.01. The Balaban J connectivity index is 2.12. The third-order valence-electron chi connectivity index (χ3n) is 1.64. The molecule has 9 heavy (non-hydrogen) atoms. The third kappa shape index (κ3) is 2.82. The second-order valence-corrected chi connectivity index (χ2v) is 2.58. The molecular weight excluding hydrogens is 116 g/mol. The molecule has 1 atom stereocenters. The van der Waals surface area contributed by atoms with E-state index in [2.05, 4.69) is 0 Å². The van der Waals surface area contributed by atoms with Gasteiger partial charge in [-0.05, 0) is 12.8 Å². The predicted molar refractivity (Wildman–Crippen MR) is 35.3 cm³/mol. The van der Waals surface area contributed by atoms with Crippen molar-refractivity contribution in [1.82, 2.24) is 0 Å². The molecule has 1 aliphatic heterocycles. The van der Waals surface area contributed by atoms with Crippen molar-refractivity contribution in [2.24, 2.45) is 0 Å². The van der Waals surface area contributed by atoms with Crippen LogP contribution in [0.1, 0.15) is 25.7 Å². The molecule has 0 spiro atoms. The lowest BCUT2D eigenvalue weighted by Crippen LogP contribution is -2.17. The predicted octanol–water partition coefficient (Wildman–Crippen LogP) is 0.938. The second-order valence-electron chi connectivity index (χ2n) is 2.58. The number of hydrogen-bond acceptors (Lipinski definition) is 2. The van der Waals surface area contributed by atoms with Gasteiger partial charge in [0.15, 0.2) is 0 Å². The first kappa shape index (κ1) is 7.03. The standard InChI is InChI=1S/C7H14O2/c8-7-4-2-1-3-5-9-6-7/h7-8H,1-6H2. The fraction of sp³-hybridized carbons (Fsp3) is 1.00. The van der Waals surface area contributed by atoms with Crippen LogP contribution in [0.2, 0.25) is 0 Å². The molecule has 0 aromatic heterocycles. The van der Waals surface area contributed by atoms with Gasteiger partial charge in [0.2, 0.25) is 0 Å². The molecule has 0 aliphatic carbocycles. The minimum absolute atomic E-state index is 0.203. The maximum atomic E-state index is 9.09. The van der Waals surface area contributed by atoms with Crippen molar-refractivity contribution in [2.45, 2.75) is 31.8 Å². The van der Waals surface area contributed by atoms with Crippen LogP contribution in [-0.4, -0.2) is 24.4 Å². The highest BCUT2D eigenvalue weighted by Gasteiger charge is 2.06. The van der Waals surface area contributed by atoms with Gasteiger partial charge in [-0.25, -0.2) is 0 Å². The minimum Gasteiger partial charge on any atom is -0.391 e. The van der Waals surface area contributed by atoms with Gasteiger partial charge in [0, 0.05) is 6.61 Å². The molecule has 1 heterocycles. The molecule has 1 fully saturated rings. The van der Waals surface area contributed by atoms with Crippen LogP contribution in [0.15, 0.2) is 0 Å². The third-order valence-corrected chi connectivity index (χ3v) is 1.64. The zero-order chi connectivity index (χ0) is 6.53. The monoisotopic (exact) mass is 130 g/mol. The molecule has 1 saturated heterocycles. The van der Waals surface area contributed by atoms with E-state index in [9.17, 15) is 0 Å². The minimum atomic E-state index is -0.203. The highest BCUT2D eigenvalue weighted by Crippen LogP contribution is 2.07. The molecule has 0 aromatic carbocycles. The van der Waals surface area contributed by atoms with Gasteiger partial charge in [-0.2, -0.15) is 0 Å². The summed E-state index contributed by atoms with van der Waals surface area (Å²) in [6.07, 6.45) is 4.24. The summed E-state index contributed by atoms with van der Waals surface area (Å²) in [5, 5.41) is 9.09. The SMILES string of the molecule is OC1CCCCCOC1. The molecule has 0 bridgehead atoms. The number of ether oxygens (including phenoxy) is 1. The lowest BCUT2D eigenvalue weighted by molar-refractivity contribution is 0.0201. The molecule has 2 nitrogen and oxygen atoms in total. The van der Waals surface area contributed by atoms with Crippen LogP contribution >= 0.6 is 0 Å². The number of aliphatic hydroxyl groups excluding tert-OH is 1. The highest BCUT2D eigenvalue weighted by atomic mass is 16.5. The van der Waals surface area contributed by atoms with Gasteiger partial charge in [0.25, 0.3) is 0 Å². The van der Waals surface area contributed by atoms with Crippen molar-refractivity contribution >= 4 is 0 Å². The smallest absolute Gasteiger partial charge is 0.0773 e. The van der Waals surface area contributed by atoms with E-state index in [4.69, 9.17) is 9.84 Å². The molecular formula is C7H14O2. The Hall–Kier alpha value is -0.0800. The fourth-order valence-electron chi connectivity index (χ4n) is 1.06. The van der Waals surface area contributed by atoms with E-state index in [1.165, 1.54) is 6.42 Å². The largest absolute Gasteiger partial charge is 0.391 e. The summed E-state index contributed by atoms with van der Waals surface area (Å²) < 4.78 is 5.14. The van der Waals surface area contributed by atoms with Gasteiger partial charge >= 0.3 is 0 Å². The van der Waals surface area contributed by atoms with Crippen LogP contribution in [0.5, 0.6) is 0 Å². The number of hydrogen-bond donors (Lipinski definition) is 1. The number of aliphatic hydroxyl groups is 1. The van der Waals surface area contributed by atoms with Crippen molar-refractivity contribution in [3.05, 3.63) is 0 Å². The number of rotatable bonds is 0. The molecule has 2 heteroatoms. The quantitative estimate of drug-likeness (QED) is 0.528. The van der Waals surface area contributed by atoms with Gasteiger partial charge in [-0.3, -0.25) is 0 Å². The van der Waals surface area contributed by atoms with Crippen molar-refractivity contribution in [3.8, 4) is 0 Å². The van der Waals surface area contributed by atoms with Crippen molar-refractivity contribution < 1.29 is 9.84 Å². The average Bonchev–Trinajstić information content (AvgIpc) is 1.79. The molecule has 1 aliphatic rings. The Morgan fingerprint density at radius 2 is 2.11 bits per heavy atom. The molecule has 0 saturated carbocycles. The fourth-order valence-corrected chi connectivity index (χ4v) is 1.06. The molecule has 1 N–H and O–H groups in total. The summed E-state index contributed by atoms with van der Waals surface area (Å²) in [7, 11) is 0. The summed E-state index contributed by atoms with van der Waals surface area (Å²) in [6.45, 7) is 1.37. The van der Waals surface area contributed by atoms with Gasteiger partial charge in [-0.1, -0.05) is 12.8 Å². The van der Waals surface area contributed by atoms with Crippen LogP contribution in [0.3, 0.4) is 0 Å². The Morgan fingerprint density at radius 3 is 3.00 bits per heavy atom. The van der Waals surface area contributed by atoms with E-state index in [1.54, 1.807) is 0 Å². The van der Waals surface area contributed by atoms with Crippen molar-refractivity contribution in [2.75, 3.05) is 13.2 Å². The first-order valence-corrected chi connectivity index (χ1v) is 3.65. The highest BCUT2D eigenvalue weighted by molar-refractivity contribution is 4.57. The maximum absolute atomic E-state index is 9.09. The lowest BCUT2D eigenvalue weighted by atomic mass is 10.1. The van der Waals surface area contributed by atoms with E-state index < -0.39 is 0 Å². The zero-order valence-electron chi connectivity index (χ0n) is 5.68. The Labute approximate surface area is 55.8 Å². The van der Waals surface area contributed by atoms with Crippen LogP contribution in [0.25, 0.3) is 0 Å². The summed E-state index contributed by atoms with van der Waals surface area (Å²) in [4.78, 5) is 0. The first-order valence-electron chi connectivity index (χ1n) is 3.65. The lowest BCUT2D eigenvalue weighted by Gasteiger charge is -2.14. The molecule has 0 radical (unpaired) electrons. The zero-order valence-corrected chi connectivity index (χ0v) is 5.68. The topological polar surface area (TPSA) is 29.5 Å². The average molecular weight is 130 g/mol. The Morgan fingerprint density at radius 1 is 1.22 bits per heavy atom. The van der Waals surface area contributed by atoms with E-state index in [0.29, 0.717) is 6.61 Å². The van der Waals surface area contributed by atoms with Crippen LogP contribution in [0.4, 0.5) is 0 Å². The van der Waals surface area contributed by atoms with Crippen molar-refractivity contribution in [3.63, 3.8) is 0 Å². The van der Waals surface area contributed by atoms with Crippen molar-refractivity contribution in [1.29, 1.82) is 0 Å². The molecule has 1 unspecified atom stereocenters. The van der Waals surface area contributed by atoms with E-state index in [1.807, 2.05) is 0 Å². The van der Waals surface area contributed by atoms with E-state index in [-0.39, 0.29) is 6.10 Å². The summed E-state index contributed by atoms with van der Waals surface area (Å²) in [6, 6.07) is 0. The summed E-state index contributed by atoms with van der Waals surface area (Å²) >= 11 is 0. The first-order chi connectivity index (χ1) is 4.39. The van der Waals surface area contributed by atoms with E-state index in [0.717, 1.165) is 25.9 Å². The van der Waals surface area contributed by atoms with Gasteiger partial charge in [0.1, 0.15) is 0 Å². The van der Waals surface area contributed by atoms with Crippen LogP contribution in [-0.2, 0) is 4.74 Å². The van der Waals surface area contributed by atoms with Crippen LogP contribution in [0, 0.1) is 0 Å². The van der Waals surface area contributed by atoms with E-state index >= 15 is 0 Å². The van der Waals surface area contributed by atoms with Gasteiger partial charge in [-0.15, -0.1) is 0 Å². The normalized spacial score (nSPS) is 31.0. The molecule has 54 valence electrons. The maximum Gasteiger partial charge on any atom is 0.0773 e. The van der Waals surface area contributed by atoms with Crippen LogP contribution < -0.4 is 0 Å². The summed E-state index contributed by atoms with van der Waals surface area (Å²) in [5.41, 5.74) is 0. The Bertz CT molecular complexity index is 65.3. The summed E-state index contributed by atoms with van der Waals surface area (Å²) in [5.74, 6) is 0. The molecule has 0 amide bonds. The van der Waals surface area contributed by atoms with Gasteiger partial charge < -0.3 is 9.84 Å².